The third-order valence-electron chi connectivity index (χ3n) is 4.82. The Labute approximate surface area is 160 Å². The van der Waals surface area contributed by atoms with Crippen molar-refractivity contribution in [1.29, 1.82) is 0 Å². The summed E-state index contributed by atoms with van der Waals surface area (Å²) in [5.74, 6) is -1.07. The number of oxazole rings is 1. The smallest absolute Gasteiger partial charge is 0.408 e. The van der Waals surface area contributed by atoms with E-state index in [1.807, 2.05) is 0 Å². The lowest BCUT2D eigenvalue weighted by molar-refractivity contribution is -0.122. The van der Waals surface area contributed by atoms with Gasteiger partial charge in [-0.05, 0) is 25.0 Å². The fourth-order valence-corrected chi connectivity index (χ4v) is 3.51. The number of amides is 2. The van der Waals surface area contributed by atoms with E-state index in [-0.39, 0.29) is 30.9 Å². The van der Waals surface area contributed by atoms with Crippen molar-refractivity contribution in [3.63, 3.8) is 0 Å². The molecule has 1 aliphatic carbocycles. The maximum atomic E-state index is 12.3. The molecule has 28 heavy (non-hydrogen) atoms. The number of benzene rings is 1. The number of nitrogens with one attached hydrogen (secondary N) is 2. The van der Waals surface area contributed by atoms with Crippen LogP contribution in [0.2, 0.25) is 0 Å². The predicted molar refractivity (Wildman–Crippen MR) is 102 cm³/mol. The van der Waals surface area contributed by atoms with Gasteiger partial charge < -0.3 is 15.1 Å². The summed E-state index contributed by atoms with van der Waals surface area (Å²) < 4.78 is 7.86. The molecule has 0 unspecified atom stereocenters. The van der Waals surface area contributed by atoms with Gasteiger partial charge in [0.1, 0.15) is 13.1 Å². The molecular weight excluding hydrogens is 362 g/mol. The summed E-state index contributed by atoms with van der Waals surface area (Å²) in [5.41, 5.74) is 1.45. The number of anilines is 1. The number of carbonyl (C=O) groups excluding carboxylic acids is 2. The van der Waals surface area contributed by atoms with Crippen LogP contribution in [0.5, 0.6) is 0 Å². The lowest BCUT2D eigenvalue weighted by Crippen LogP contribution is -2.35. The van der Waals surface area contributed by atoms with Gasteiger partial charge in [-0.3, -0.25) is 18.8 Å². The lowest BCUT2D eigenvalue weighted by atomic mass is 10.2. The van der Waals surface area contributed by atoms with Crippen LogP contribution >= 0.6 is 0 Å². The highest BCUT2D eigenvalue weighted by Gasteiger charge is 2.17. The molecule has 1 aliphatic rings. The number of nitrogens with zero attached hydrogens (tertiary/aromatic N) is 3. The summed E-state index contributed by atoms with van der Waals surface area (Å²) >= 11 is 0. The van der Waals surface area contributed by atoms with Crippen LogP contribution in [0.3, 0.4) is 0 Å². The van der Waals surface area contributed by atoms with Gasteiger partial charge in [-0.25, -0.2) is 4.79 Å². The number of fused-ring (bicyclic) bond motifs is 1. The molecule has 4 rings (SSSR count). The molecule has 0 bridgehead atoms. The molecule has 0 aliphatic heterocycles. The largest absolute Gasteiger partial charge is 0.420 e. The van der Waals surface area contributed by atoms with Gasteiger partial charge >= 0.3 is 5.76 Å². The molecule has 9 nitrogen and oxygen atoms in total. The van der Waals surface area contributed by atoms with Gasteiger partial charge in [0, 0.05) is 12.2 Å². The van der Waals surface area contributed by atoms with Crippen LogP contribution in [0.15, 0.2) is 45.9 Å². The van der Waals surface area contributed by atoms with Crippen molar-refractivity contribution in [3.8, 4) is 0 Å². The standard InChI is InChI=1S/C19H21N5O4/c25-17(21-13-5-1-2-6-13)11-23-10-14(9-20-23)22-18(26)12-24-15-7-3-4-8-16(15)28-19(24)27/h3-4,7-10,13H,1-2,5-6,11-12H2,(H,21,25)(H,22,26). The summed E-state index contributed by atoms with van der Waals surface area (Å²) in [5, 5.41) is 9.78. The average Bonchev–Trinajstić information content (AvgIpc) is 3.38. The average molecular weight is 383 g/mol. The van der Waals surface area contributed by atoms with E-state index < -0.39 is 5.76 Å². The summed E-state index contributed by atoms with van der Waals surface area (Å²) in [6.45, 7) is -0.0820. The molecule has 146 valence electrons. The third kappa shape index (κ3) is 3.98. The van der Waals surface area contributed by atoms with Gasteiger partial charge in [-0.15, -0.1) is 0 Å². The summed E-state index contributed by atoms with van der Waals surface area (Å²) in [6.07, 6.45) is 7.40. The molecule has 2 amide bonds. The minimum Gasteiger partial charge on any atom is -0.408 e. The number of aromatic nitrogens is 3. The van der Waals surface area contributed by atoms with Crippen molar-refractivity contribution in [1.82, 2.24) is 19.7 Å². The summed E-state index contributed by atoms with van der Waals surface area (Å²) in [4.78, 5) is 36.3. The molecule has 3 aromatic rings. The molecule has 0 radical (unpaired) electrons. The second kappa shape index (κ2) is 7.71. The molecule has 2 aromatic heterocycles. The number of carbonyl (C=O) groups is 2. The van der Waals surface area contributed by atoms with E-state index in [0.29, 0.717) is 16.8 Å². The highest BCUT2D eigenvalue weighted by Crippen LogP contribution is 2.17. The van der Waals surface area contributed by atoms with Gasteiger partial charge in [0.2, 0.25) is 11.8 Å². The molecule has 0 saturated heterocycles. The van der Waals surface area contributed by atoms with Crippen LogP contribution in [0.4, 0.5) is 5.69 Å². The van der Waals surface area contributed by atoms with E-state index in [9.17, 15) is 14.4 Å². The second-order valence-electron chi connectivity index (χ2n) is 6.95. The zero-order valence-electron chi connectivity index (χ0n) is 15.3. The second-order valence-corrected chi connectivity index (χ2v) is 6.95. The molecule has 9 heteroatoms. The zero-order valence-corrected chi connectivity index (χ0v) is 15.3. The lowest BCUT2D eigenvalue weighted by Gasteiger charge is -2.11. The Morgan fingerprint density at radius 2 is 1.93 bits per heavy atom. The first-order valence-electron chi connectivity index (χ1n) is 9.28. The Morgan fingerprint density at radius 1 is 1.14 bits per heavy atom. The topological polar surface area (TPSA) is 111 Å². The molecule has 2 heterocycles. The van der Waals surface area contributed by atoms with E-state index in [1.165, 1.54) is 15.4 Å². The van der Waals surface area contributed by atoms with E-state index in [1.54, 1.807) is 30.5 Å². The van der Waals surface area contributed by atoms with Gasteiger partial charge in [-0.1, -0.05) is 25.0 Å². The van der Waals surface area contributed by atoms with Crippen molar-refractivity contribution in [2.45, 2.75) is 44.8 Å². The number of para-hydroxylation sites is 2. The van der Waals surface area contributed by atoms with Crippen molar-refractivity contribution in [2.75, 3.05) is 5.32 Å². The van der Waals surface area contributed by atoms with Crippen molar-refractivity contribution >= 4 is 28.6 Å². The maximum Gasteiger partial charge on any atom is 0.420 e. The minimum absolute atomic E-state index is 0.0932. The SMILES string of the molecule is O=C(Cn1c(=O)oc2ccccc21)Nc1cnn(CC(=O)NC2CCCC2)c1. The van der Waals surface area contributed by atoms with E-state index in [0.717, 1.165) is 25.7 Å². The Morgan fingerprint density at radius 3 is 2.75 bits per heavy atom. The van der Waals surface area contributed by atoms with Crippen LogP contribution < -0.4 is 16.4 Å². The Bertz CT molecular complexity index is 1060. The van der Waals surface area contributed by atoms with Crippen molar-refractivity contribution in [2.24, 2.45) is 0 Å². The van der Waals surface area contributed by atoms with Crippen LogP contribution in [0, 0.1) is 0 Å². The van der Waals surface area contributed by atoms with Crippen LogP contribution in [0.1, 0.15) is 25.7 Å². The third-order valence-corrected chi connectivity index (χ3v) is 4.82. The van der Waals surface area contributed by atoms with Crippen molar-refractivity contribution < 1.29 is 14.0 Å². The predicted octanol–water partition coefficient (Wildman–Crippen LogP) is 1.49. The molecule has 1 fully saturated rings. The van der Waals surface area contributed by atoms with Crippen molar-refractivity contribution in [3.05, 3.63) is 47.2 Å². The minimum atomic E-state index is -0.587. The summed E-state index contributed by atoms with van der Waals surface area (Å²) in [6, 6.07) is 7.17. The van der Waals surface area contributed by atoms with Gasteiger partial charge in [-0.2, -0.15) is 5.10 Å². The van der Waals surface area contributed by atoms with Gasteiger partial charge in [0.05, 0.1) is 17.4 Å². The van der Waals surface area contributed by atoms with Crippen LogP contribution in [-0.2, 0) is 22.7 Å². The highest BCUT2D eigenvalue weighted by atomic mass is 16.4. The number of hydrogen-bond donors (Lipinski definition) is 2. The maximum absolute atomic E-state index is 12.3. The fraction of sp³-hybridized carbons (Fsp3) is 0.368. The molecule has 2 N–H and O–H groups in total. The summed E-state index contributed by atoms with van der Waals surface area (Å²) in [7, 11) is 0. The highest BCUT2D eigenvalue weighted by molar-refractivity contribution is 5.91. The molecule has 0 atom stereocenters. The van der Waals surface area contributed by atoms with Gasteiger partial charge in [0.15, 0.2) is 5.58 Å². The normalized spacial score (nSPS) is 14.4. The van der Waals surface area contributed by atoms with Gasteiger partial charge in [0.25, 0.3) is 0 Å². The quantitative estimate of drug-likeness (QED) is 0.670. The van der Waals surface area contributed by atoms with E-state index in [2.05, 4.69) is 15.7 Å². The molecule has 1 saturated carbocycles. The molecular formula is C19H21N5O4. The molecule has 0 spiro atoms. The fourth-order valence-electron chi connectivity index (χ4n) is 3.51. The Kier molecular flexibility index (Phi) is 4.96. The molecule has 1 aromatic carbocycles. The number of hydrogen-bond acceptors (Lipinski definition) is 5. The van der Waals surface area contributed by atoms with Crippen LogP contribution in [-0.4, -0.2) is 32.2 Å². The first-order chi connectivity index (χ1) is 13.6. The number of rotatable bonds is 6. The Hall–Kier alpha value is -3.36. The monoisotopic (exact) mass is 383 g/mol. The van der Waals surface area contributed by atoms with Crippen LogP contribution in [0.25, 0.3) is 11.1 Å². The first kappa shape index (κ1) is 18.0. The Balaban J connectivity index is 1.35. The zero-order chi connectivity index (χ0) is 19.5. The van der Waals surface area contributed by atoms with E-state index >= 15 is 0 Å². The van der Waals surface area contributed by atoms with E-state index in [4.69, 9.17) is 4.42 Å². The first-order valence-corrected chi connectivity index (χ1v) is 9.28.